The minimum absolute atomic E-state index is 0. The van der Waals surface area contributed by atoms with Crippen molar-refractivity contribution in [2.45, 2.75) is 18.9 Å². The Labute approximate surface area is 148 Å². The molecule has 23 heavy (non-hydrogen) atoms. The minimum Gasteiger partial charge on any atom is -0.353 e. The zero-order chi connectivity index (χ0) is 15.7. The van der Waals surface area contributed by atoms with E-state index >= 15 is 0 Å². The van der Waals surface area contributed by atoms with E-state index in [-0.39, 0.29) is 30.9 Å². The molecule has 2 aliphatic heterocycles. The lowest BCUT2D eigenvalue weighted by molar-refractivity contribution is -0.121. The Bertz CT molecular complexity index is 647. The van der Waals surface area contributed by atoms with Crippen molar-refractivity contribution >= 4 is 46.1 Å². The first-order chi connectivity index (χ1) is 10.6. The minimum atomic E-state index is -0.421. The van der Waals surface area contributed by atoms with Crippen LogP contribution in [0.25, 0.3) is 0 Å². The standard InChI is InChI=1S/C15H16BrN3O3.ClH/c16-9-3-4-11-12(6-9)15(22)19(14(11)21)8-13(20)18-7-10-2-1-5-17-10;/h3-4,6,10,17H,1-2,5,7-8H2,(H,18,20);1H. The summed E-state index contributed by atoms with van der Waals surface area (Å²) in [4.78, 5) is 37.4. The molecule has 0 bridgehead atoms. The molecule has 1 saturated heterocycles. The van der Waals surface area contributed by atoms with Crippen LogP contribution in [0.5, 0.6) is 0 Å². The molecule has 1 fully saturated rings. The second-order valence-electron chi connectivity index (χ2n) is 5.48. The van der Waals surface area contributed by atoms with Crippen molar-refractivity contribution in [2.75, 3.05) is 19.6 Å². The van der Waals surface area contributed by atoms with Gasteiger partial charge in [-0.25, -0.2) is 0 Å². The maximum atomic E-state index is 12.2. The predicted octanol–water partition coefficient (Wildman–Crippen LogP) is 1.34. The molecule has 0 radical (unpaired) electrons. The van der Waals surface area contributed by atoms with Gasteiger partial charge < -0.3 is 10.6 Å². The SMILES string of the molecule is Cl.O=C(CN1C(=O)c2ccc(Br)cc2C1=O)NCC1CCCN1. The summed E-state index contributed by atoms with van der Waals surface area (Å²) >= 11 is 3.28. The predicted molar refractivity (Wildman–Crippen MR) is 90.8 cm³/mol. The van der Waals surface area contributed by atoms with Crippen LogP contribution in [0, 0.1) is 0 Å². The molecule has 6 nitrogen and oxygen atoms in total. The number of nitrogens with zero attached hydrogens (tertiary/aromatic N) is 1. The van der Waals surface area contributed by atoms with Crippen molar-refractivity contribution in [1.82, 2.24) is 15.5 Å². The van der Waals surface area contributed by atoms with Crippen molar-refractivity contribution in [3.8, 4) is 0 Å². The molecule has 1 aromatic carbocycles. The Balaban J connectivity index is 0.00000192. The number of benzene rings is 1. The number of carbonyl (C=O) groups is 3. The molecule has 8 heteroatoms. The van der Waals surface area contributed by atoms with Gasteiger partial charge in [-0.05, 0) is 37.6 Å². The second-order valence-corrected chi connectivity index (χ2v) is 6.40. The molecule has 1 unspecified atom stereocenters. The van der Waals surface area contributed by atoms with Crippen LogP contribution in [-0.4, -0.2) is 48.3 Å². The van der Waals surface area contributed by atoms with Crippen molar-refractivity contribution in [3.63, 3.8) is 0 Å². The zero-order valence-corrected chi connectivity index (χ0v) is 14.7. The van der Waals surface area contributed by atoms with Crippen LogP contribution in [0.1, 0.15) is 33.6 Å². The fourth-order valence-corrected chi connectivity index (χ4v) is 3.14. The first kappa shape index (κ1) is 17.9. The molecule has 0 spiro atoms. The number of hydrogen-bond acceptors (Lipinski definition) is 4. The third-order valence-electron chi connectivity index (χ3n) is 3.94. The van der Waals surface area contributed by atoms with Crippen LogP contribution >= 0.6 is 28.3 Å². The molecule has 0 aromatic heterocycles. The van der Waals surface area contributed by atoms with Crippen molar-refractivity contribution < 1.29 is 14.4 Å². The van der Waals surface area contributed by atoms with Crippen molar-refractivity contribution in [3.05, 3.63) is 33.8 Å². The van der Waals surface area contributed by atoms with Crippen LogP contribution in [0.2, 0.25) is 0 Å². The van der Waals surface area contributed by atoms with E-state index in [0.29, 0.717) is 17.7 Å². The van der Waals surface area contributed by atoms with E-state index in [0.717, 1.165) is 28.8 Å². The molecule has 0 saturated carbocycles. The van der Waals surface area contributed by atoms with Gasteiger partial charge in [-0.1, -0.05) is 15.9 Å². The van der Waals surface area contributed by atoms with Gasteiger partial charge in [0.15, 0.2) is 0 Å². The van der Waals surface area contributed by atoms with Gasteiger partial charge in [0.1, 0.15) is 6.54 Å². The van der Waals surface area contributed by atoms with Gasteiger partial charge >= 0.3 is 0 Å². The average Bonchev–Trinajstić information content (AvgIpc) is 3.09. The van der Waals surface area contributed by atoms with Gasteiger partial charge in [0.25, 0.3) is 11.8 Å². The number of nitrogens with one attached hydrogen (secondary N) is 2. The molecule has 2 heterocycles. The van der Waals surface area contributed by atoms with Gasteiger partial charge in [0.2, 0.25) is 5.91 Å². The number of rotatable bonds is 4. The van der Waals surface area contributed by atoms with Gasteiger partial charge in [-0.2, -0.15) is 0 Å². The molecule has 1 atom stereocenters. The number of fused-ring (bicyclic) bond motifs is 1. The molecule has 1 aromatic rings. The molecule has 3 amide bonds. The van der Waals surface area contributed by atoms with Crippen LogP contribution in [0.15, 0.2) is 22.7 Å². The quantitative estimate of drug-likeness (QED) is 0.745. The van der Waals surface area contributed by atoms with Gasteiger partial charge in [-0.15, -0.1) is 12.4 Å². The zero-order valence-electron chi connectivity index (χ0n) is 12.3. The van der Waals surface area contributed by atoms with Gasteiger partial charge in [0.05, 0.1) is 11.1 Å². The summed E-state index contributed by atoms with van der Waals surface area (Å²) in [6, 6.07) is 5.19. The highest BCUT2D eigenvalue weighted by Gasteiger charge is 2.36. The Hall–Kier alpha value is -1.44. The van der Waals surface area contributed by atoms with Gasteiger partial charge in [0, 0.05) is 17.1 Å². The molecule has 3 rings (SSSR count). The first-order valence-electron chi connectivity index (χ1n) is 7.22. The Morgan fingerprint density at radius 3 is 2.74 bits per heavy atom. The molecule has 0 aliphatic carbocycles. The van der Waals surface area contributed by atoms with Crippen LogP contribution in [0.4, 0.5) is 0 Å². The largest absolute Gasteiger partial charge is 0.353 e. The summed E-state index contributed by atoms with van der Waals surface area (Å²) in [5.41, 5.74) is 0.683. The lowest BCUT2D eigenvalue weighted by Gasteiger charge is -2.15. The first-order valence-corrected chi connectivity index (χ1v) is 8.01. The summed E-state index contributed by atoms with van der Waals surface area (Å²) in [5.74, 6) is -1.15. The third-order valence-corrected chi connectivity index (χ3v) is 4.44. The van der Waals surface area contributed by atoms with E-state index < -0.39 is 11.8 Å². The molecule has 124 valence electrons. The normalized spacial score (nSPS) is 19.5. The Morgan fingerprint density at radius 2 is 2.04 bits per heavy atom. The lowest BCUT2D eigenvalue weighted by atomic mass is 10.1. The number of imide groups is 1. The van der Waals surface area contributed by atoms with E-state index in [1.165, 1.54) is 0 Å². The summed E-state index contributed by atoms with van der Waals surface area (Å²) in [5, 5.41) is 6.05. The number of amides is 3. The van der Waals surface area contributed by atoms with Gasteiger partial charge in [-0.3, -0.25) is 19.3 Å². The van der Waals surface area contributed by atoms with Crippen molar-refractivity contribution in [1.29, 1.82) is 0 Å². The number of carbonyl (C=O) groups excluding carboxylic acids is 3. The highest BCUT2D eigenvalue weighted by Crippen LogP contribution is 2.25. The van der Waals surface area contributed by atoms with E-state index in [1.807, 2.05) is 0 Å². The fraction of sp³-hybridized carbons (Fsp3) is 0.400. The maximum absolute atomic E-state index is 12.2. The van der Waals surface area contributed by atoms with E-state index in [9.17, 15) is 14.4 Å². The fourth-order valence-electron chi connectivity index (χ4n) is 2.77. The lowest BCUT2D eigenvalue weighted by Crippen LogP contribution is -2.44. The third kappa shape index (κ3) is 3.73. The van der Waals surface area contributed by atoms with E-state index in [1.54, 1.807) is 18.2 Å². The number of halogens is 2. The maximum Gasteiger partial charge on any atom is 0.262 e. The van der Waals surface area contributed by atoms with Crippen LogP contribution in [-0.2, 0) is 4.79 Å². The summed E-state index contributed by atoms with van der Waals surface area (Å²) in [6.07, 6.45) is 2.13. The Morgan fingerprint density at radius 1 is 1.30 bits per heavy atom. The van der Waals surface area contributed by atoms with E-state index in [4.69, 9.17) is 0 Å². The van der Waals surface area contributed by atoms with Crippen LogP contribution in [0.3, 0.4) is 0 Å². The average molecular weight is 403 g/mol. The molecule has 2 aliphatic rings. The molecular weight excluding hydrogens is 386 g/mol. The summed E-state index contributed by atoms with van der Waals surface area (Å²) < 4.78 is 0.728. The number of hydrogen-bond donors (Lipinski definition) is 2. The molecule has 2 N–H and O–H groups in total. The van der Waals surface area contributed by atoms with Crippen molar-refractivity contribution in [2.24, 2.45) is 0 Å². The summed E-state index contributed by atoms with van der Waals surface area (Å²) in [7, 11) is 0. The highest BCUT2D eigenvalue weighted by atomic mass is 79.9. The van der Waals surface area contributed by atoms with Crippen LogP contribution < -0.4 is 10.6 Å². The molecular formula is C15H17BrClN3O3. The second kappa shape index (κ2) is 7.42. The smallest absolute Gasteiger partial charge is 0.262 e. The van der Waals surface area contributed by atoms with E-state index in [2.05, 4.69) is 26.6 Å². The Kier molecular flexibility index (Phi) is 5.78. The monoisotopic (exact) mass is 401 g/mol. The summed E-state index contributed by atoms with van der Waals surface area (Å²) in [6.45, 7) is 1.25. The topological polar surface area (TPSA) is 78.5 Å². The highest BCUT2D eigenvalue weighted by molar-refractivity contribution is 9.10.